The molecule has 0 aliphatic carbocycles. The van der Waals surface area contributed by atoms with E-state index in [4.69, 9.17) is 5.11 Å². The molecule has 18 heavy (non-hydrogen) atoms. The molecule has 0 amide bonds. The molecule has 2 aromatic heterocycles. The molecule has 0 fully saturated rings. The van der Waals surface area contributed by atoms with Gasteiger partial charge in [-0.05, 0) is 25.8 Å². The average Bonchev–Trinajstić information content (AvgIpc) is 2.69. The highest BCUT2D eigenvalue weighted by Gasteiger charge is 2.03. The molecule has 5 heteroatoms. The van der Waals surface area contributed by atoms with Gasteiger partial charge in [0.15, 0.2) is 5.65 Å². The molecule has 2 heterocycles. The van der Waals surface area contributed by atoms with Gasteiger partial charge < -0.3 is 10.4 Å². The van der Waals surface area contributed by atoms with Crippen molar-refractivity contribution in [3.05, 3.63) is 29.7 Å². The van der Waals surface area contributed by atoms with Crippen LogP contribution in [-0.2, 0) is 6.54 Å². The fraction of sp³-hybridized carbons (Fsp3) is 0.538. The molecule has 0 saturated carbocycles. The Labute approximate surface area is 107 Å². The van der Waals surface area contributed by atoms with E-state index in [0.29, 0.717) is 5.92 Å². The van der Waals surface area contributed by atoms with Gasteiger partial charge in [-0.15, -0.1) is 0 Å². The highest BCUT2D eigenvalue weighted by molar-refractivity contribution is 5.38. The summed E-state index contributed by atoms with van der Waals surface area (Å²) < 4.78 is 1.81. The third-order valence-corrected chi connectivity index (χ3v) is 2.93. The van der Waals surface area contributed by atoms with Crippen LogP contribution in [0.1, 0.15) is 24.6 Å². The summed E-state index contributed by atoms with van der Waals surface area (Å²) >= 11 is 0. The van der Waals surface area contributed by atoms with Crippen LogP contribution in [0.4, 0.5) is 0 Å². The molecule has 0 aliphatic heterocycles. The molecule has 1 unspecified atom stereocenters. The third kappa shape index (κ3) is 3.27. The maximum absolute atomic E-state index is 8.82. The second kappa shape index (κ2) is 5.93. The Morgan fingerprint density at radius 1 is 1.50 bits per heavy atom. The van der Waals surface area contributed by atoms with Crippen molar-refractivity contribution in [1.82, 2.24) is 19.9 Å². The van der Waals surface area contributed by atoms with Gasteiger partial charge in [-0.2, -0.15) is 5.10 Å². The van der Waals surface area contributed by atoms with Crippen molar-refractivity contribution in [2.24, 2.45) is 5.92 Å². The summed E-state index contributed by atoms with van der Waals surface area (Å²) in [6.07, 6.45) is 4.71. The van der Waals surface area contributed by atoms with Crippen molar-refractivity contribution in [3.63, 3.8) is 0 Å². The molecular weight excluding hydrogens is 228 g/mol. The molecule has 2 N–H and O–H groups in total. The number of nitrogens with one attached hydrogen (secondary N) is 1. The van der Waals surface area contributed by atoms with Gasteiger partial charge in [-0.25, -0.2) is 9.50 Å². The van der Waals surface area contributed by atoms with Gasteiger partial charge in [0.25, 0.3) is 0 Å². The molecule has 1 atom stereocenters. The van der Waals surface area contributed by atoms with E-state index >= 15 is 0 Å². The number of hydrogen-bond acceptors (Lipinski definition) is 4. The summed E-state index contributed by atoms with van der Waals surface area (Å²) in [7, 11) is 0. The maximum atomic E-state index is 8.82. The molecule has 0 aromatic carbocycles. The quantitative estimate of drug-likeness (QED) is 0.805. The van der Waals surface area contributed by atoms with Crippen LogP contribution < -0.4 is 5.32 Å². The number of aliphatic hydroxyl groups excluding tert-OH is 1. The number of aryl methyl sites for hydroxylation is 1. The average molecular weight is 248 g/mol. The van der Waals surface area contributed by atoms with Gasteiger partial charge in [0.1, 0.15) is 0 Å². The Bertz CT molecular complexity index is 509. The minimum Gasteiger partial charge on any atom is -0.396 e. The van der Waals surface area contributed by atoms with Crippen LogP contribution in [0.15, 0.2) is 18.5 Å². The van der Waals surface area contributed by atoms with E-state index in [2.05, 4.69) is 22.3 Å². The van der Waals surface area contributed by atoms with E-state index in [1.807, 2.05) is 29.9 Å². The highest BCUT2D eigenvalue weighted by Crippen LogP contribution is 2.05. The lowest BCUT2D eigenvalue weighted by Crippen LogP contribution is -2.21. The van der Waals surface area contributed by atoms with E-state index < -0.39 is 0 Å². The fourth-order valence-electron chi connectivity index (χ4n) is 1.91. The van der Waals surface area contributed by atoms with Crippen LogP contribution in [0.25, 0.3) is 5.65 Å². The summed E-state index contributed by atoms with van der Waals surface area (Å²) in [6, 6.07) is 1.96. The van der Waals surface area contributed by atoms with E-state index in [-0.39, 0.29) is 6.61 Å². The molecule has 0 saturated heterocycles. The number of nitrogens with zero attached hydrogens (tertiary/aromatic N) is 3. The molecule has 0 aliphatic rings. The Morgan fingerprint density at radius 2 is 2.33 bits per heavy atom. The molecule has 98 valence electrons. The van der Waals surface area contributed by atoms with Gasteiger partial charge in [0, 0.05) is 37.2 Å². The van der Waals surface area contributed by atoms with Crippen molar-refractivity contribution in [2.75, 3.05) is 13.2 Å². The fourth-order valence-corrected chi connectivity index (χ4v) is 1.91. The monoisotopic (exact) mass is 248 g/mol. The molecule has 2 aromatic rings. The lowest BCUT2D eigenvalue weighted by Gasteiger charge is -2.10. The Hall–Kier alpha value is -1.46. The first kappa shape index (κ1) is 13.0. The van der Waals surface area contributed by atoms with Crippen LogP contribution in [-0.4, -0.2) is 32.9 Å². The minimum absolute atomic E-state index is 0.253. The van der Waals surface area contributed by atoms with Gasteiger partial charge >= 0.3 is 0 Å². The third-order valence-electron chi connectivity index (χ3n) is 2.93. The lowest BCUT2D eigenvalue weighted by molar-refractivity contribution is 0.260. The lowest BCUT2D eigenvalue weighted by atomic mass is 10.1. The van der Waals surface area contributed by atoms with Crippen LogP contribution in [0.5, 0.6) is 0 Å². The SMILES string of the molecule is Cc1cc2ncc(CNCC(C)CCO)cn2n1. The molecule has 0 radical (unpaired) electrons. The summed E-state index contributed by atoms with van der Waals surface area (Å²) in [5, 5.41) is 16.5. The first-order valence-electron chi connectivity index (χ1n) is 6.31. The normalized spacial score (nSPS) is 13.1. The predicted octanol–water partition coefficient (Wildman–Crippen LogP) is 1.15. The van der Waals surface area contributed by atoms with Crippen LogP contribution in [0, 0.1) is 12.8 Å². The number of hydrogen-bond donors (Lipinski definition) is 2. The molecule has 2 rings (SSSR count). The zero-order chi connectivity index (χ0) is 13.0. The van der Waals surface area contributed by atoms with E-state index in [1.54, 1.807) is 0 Å². The topological polar surface area (TPSA) is 62.5 Å². The molecule has 0 spiro atoms. The number of fused-ring (bicyclic) bond motifs is 1. The Morgan fingerprint density at radius 3 is 3.11 bits per heavy atom. The Balaban J connectivity index is 1.91. The van der Waals surface area contributed by atoms with Gasteiger partial charge in [0.2, 0.25) is 0 Å². The zero-order valence-corrected chi connectivity index (χ0v) is 10.9. The second-order valence-electron chi connectivity index (χ2n) is 4.80. The smallest absolute Gasteiger partial charge is 0.155 e. The number of rotatable bonds is 6. The highest BCUT2D eigenvalue weighted by atomic mass is 16.3. The van der Waals surface area contributed by atoms with Crippen LogP contribution >= 0.6 is 0 Å². The van der Waals surface area contributed by atoms with Crippen LogP contribution in [0.3, 0.4) is 0 Å². The standard InChI is InChI=1S/C13H20N4O/c1-10(3-4-18)6-14-7-12-8-15-13-5-11(2)16-17(13)9-12/h5,8-10,14,18H,3-4,6-7H2,1-2H3. The zero-order valence-electron chi connectivity index (χ0n) is 10.9. The van der Waals surface area contributed by atoms with E-state index in [1.165, 1.54) is 0 Å². The van der Waals surface area contributed by atoms with Crippen LogP contribution in [0.2, 0.25) is 0 Å². The Kier molecular flexibility index (Phi) is 4.28. The predicted molar refractivity (Wildman–Crippen MR) is 70.3 cm³/mol. The van der Waals surface area contributed by atoms with Crippen molar-refractivity contribution in [3.8, 4) is 0 Å². The summed E-state index contributed by atoms with van der Waals surface area (Å²) in [5.74, 6) is 0.485. The molecule has 5 nitrogen and oxygen atoms in total. The van der Waals surface area contributed by atoms with Crippen molar-refractivity contribution in [1.29, 1.82) is 0 Å². The summed E-state index contributed by atoms with van der Waals surface area (Å²) in [6.45, 7) is 6.02. The van der Waals surface area contributed by atoms with E-state index in [9.17, 15) is 0 Å². The first-order valence-corrected chi connectivity index (χ1v) is 6.31. The van der Waals surface area contributed by atoms with Gasteiger partial charge in [0.05, 0.1) is 5.69 Å². The van der Waals surface area contributed by atoms with E-state index in [0.717, 1.165) is 36.4 Å². The summed E-state index contributed by atoms with van der Waals surface area (Å²) in [5.41, 5.74) is 2.97. The van der Waals surface area contributed by atoms with Crippen molar-refractivity contribution < 1.29 is 5.11 Å². The minimum atomic E-state index is 0.253. The van der Waals surface area contributed by atoms with Crippen molar-refractivity contribution in [2.45, 2.75) is 26.8 Å². The molecule has 0 bridgehead atoms. The molecular formula is C13H20N4O. The largest absolute Gasteiger partial charge is 0.396 e. The second-order valence-corrected chi connectivity index (χ2v) is 4.80. The summed E-state index contributed by atoms with van der Waals surface area (Å²) in [4.78, 5) is 4.36. The maximum Gasteiger partial charge on any atom is 0.155 e. The van der Waals surface area contributed by atoms with Gasteiger partial charge in [-0.1, -0.05) is 6.92 Å². The number of aromatic nitrogens is 3. The first-order chi connectivity index (χ1) is 8.69. The van der Waals surface area contributed by atoms with Gasteiger partial charge in [-0.3, -0.25) is 0 Å². The number of aliphatic hydroxyl groups is 1. The van der Waals surface area contributed by atoms with Crippen molar-refractivity contribution >= 4 is 5.65 Å².